The van der Waals surface area contributed by atoms with Crippen LogP contribution in [0.5, 0.6) is 0 Å². The molecule has 3 heteroatoms. The Morgan fingerprint density at radius 2 is 1.85 bits per heavy atom. The van der Waals surface area contributed by atoms with Gasteiger partial charge in [0.05, 0.1) is 0 Å². The van der Waals surface area contributed by atoms with Crippen molar-refractivity contribution in [2.75, 3.05) is 24.6 Å². The van der Waals surface area contributed by atoms with Crippen LogP contribution in [0.2, 0.25) is 0 Å². The standard InChI is InChI=1S/C10H15N2.Pd/c1-12(2)8-7-9-3-5-10(11)6-4-9;/h3-6,11H,7-8H2,1-2H3;/q-1;+1. The minimum absolute atomic E-state index is 1.10. The summed E-state index contributed by atoms with van der Waals surface area (Å²) in [5.74, 6) is 0. The first kappa shape index (κ1) is 10.7. The van der Waals surface area contributed by atoms with E-state index in [0.29, 0.717) is 0 Å². The zero-order chi connectivity index (χ0) is 9.68. The summed E-state index contributed by atoms with van der Waals surface area (Å²) in [6.45, 7) is 1.10. The van der Waals surface area contributed by atoms with Crippen molar-refractivity contribution in [2.24, 2.45) is 0 Å². The van der Waals surface area contributed by atoms with Gasteiger partial charge in [0.25, 0.3) is 0 Å². The fraction of sp³-hybridized carbons (Fsp3) is 0.400. The second kappa shape index (κ2) is 5.39. The average molecular weight is 270 g/mol. The summed E-state index contributed by atoms with van der Waals surface area (Å²) in [5.41, 5.74) is 2.49. The Bertz CT molecular complexity index is 244. The number of nitrogens with zero attached hydrogens (tertiary/aromatic N) is 1. The Balaban J connectivity index is 2.49. The molecule has 0 spiro atoms. The van der Waals surface area contributed by atoms with E-state index >= 15 is 0 Å². The number of anilines is 1. The van der Waals surface area contributed by atoms with E-state index in [9.17, 15) is 0 Å². The van der Waals surface area contributed by atoms with Gasteiger partial charge in [-0.3, -0.25) is 0 Å². The first-order valence-corrected chi connectivity index (χ1v) is 5.07. The molecule has 1 rings (SSSR count). The summed E-state index contributed by atoms with van der Waals surface area (Å²) in [4.78, 5) is 2.19. The van der Waals surface area contributed by atoms with Crippen molar-refractivity contribution in [3.05, 3.63) is 29.8 Å². The van der Waals surface area contributed by atoms with E-state index in [1.54, 1.807) is 0 Å². The first-order chi connectivity index (χ1) is 6.22. The van der Waals surface area contributed by atoms with Crippen LogP contribution < -0.4 is 3.95 Å². The predicted molar refractivity (Wildman–Crippen MR) is 52.3 cm³/mol. The molecule has 1 N–H and O–H groups in total. The molecule has 0 amide bonds. The Morgan fingerprint density at radius 1 is 1.23 bits per heavy atom. The second-order valence-corrected chi connectivity index (χ2v) is 3.72. The van der Waals surface area contributed by atoms with Gasteiger partial charge >= 0.3 is 90.9 Å². The summed E-state index contributed by atoms with van der Waals surface area (Å²) in [5, 5.41) is 0. The number of likely N-dealkylation sites (N-methyl/N-ethyl adjacent to an activating group) is 1. The van der Waals surface area contributed by atoms with E-state index < -0.39 is 0 Å². The van der Waals surface area contributed by atoms with Crippen molar-refractivity contribution in [3.63, 3.8) is 0 Å². The molecule has 1 aromatic carbocycles. The number of hydrogen-bond donors (Lipinski definition) is 1. The molecular weight excluding hydrogens is 255 g/mol. The fourth-order valence-corrected chi connectivity index (χ4v) is 1.34. The molecule has 0 bridgehead atoms. The van der Waals surface area contributed by atoms with Crippen LogP contribution in [0.4, 0.5) is 5.69 Å². The third kappa shape index (κ3) is 3.91. The molecule has 0 aromatic heterocycles. The molecule has 1 aromatic rings. The first-order valence-electron chi connectivity index (χ1n) is 4.29. The molecule has 0 atom stereocenters. The number of rotatable bonds is 4. The monoisotopic (exact) mass is 269 g/mol. The van der Waals surface area contributed by atoms with Gasteiger partial charge in [-0.25, -0.2) is 0 Å². The molecule has 2 nitrogen and oxygen atoms in total. The third-order valence-electron chi connectivity index (χ3n) is 1.89. The Morgan fingerprint density at radius 3 is 2.31 bits per heavy atom. The molecule has 0 heterocycles. The molecule has 75 valence electrons. The van der Waals surface area contributed by atoms with Gasteiger partial charge in [0.15, 0.2) is 0 Å². The molecule has 0 saturated heterocycles. The van der Waals surface area contributed by atoms with Gasteiger partial charge in [-0.2, -0.15) is 0 Å². The molecule has 0 aliphatic heterocycles. The zero-order valence-corrected chi connectivity index (χ0v) is 9.54. The molecule has 13 heavy (non-hydrogen) atoms. The Labute approximate surface area is 91.0 Å². The Kier molecular flexibility index (Phi) is 4.44. The number of nitrogens with one attached hydrogen (secondary N) is 1. The van der Waals surface area contributed by atoms with E-state index in [2.05, 4.69) is 66.7 Å². The van der Waals surface area contributed by atoms with Gasteiger partial charge in [0.2, 0.25) is 0 Å². The number of hydrogen-bond acceptors (Lipinski definition) is 2. The molecule has 0 radical (unpaired) electrons. The topological polar surface area (TPSA) is 15.3 Å². The van der Waals surface area contributed by atoms with Gasteiger partial charge < -0.3 is 0 Å². The summed E-state index contributed by atoms with van der Waals surface area (Å²) < 4.78 is 2.96. The molecule has 0 unspecified atom stereocenters. The van der Waals surface area contributed by atoms with Crippen LogP contribution in [0, 0.1) is 0 Å². The van der Waals surface area contributed by atoms with Crippen molar-refractivity contribution >= 4 is 5.69 Å². The quantitative estimate of drug-likeness (QED) is 0.837. The minimum atomic E-state index is 1.10. The second-order valence-electron chi connectivity index (χ2n) is 3.33. The van der Waals surface area contributed by atoms with Crippen molar-refractivity contribution in [1.82, 2.24) is 4.90 Å². The predicted octanol–water partition coefficient (Wildman–Crippen LogP) is 1.66. The van der Waals surface area contributed by atoms with Crippen molar-refractivity contribution in [3.8, 4) is 0 Å². The van der Waals surface area contributed by atoms with Crippen LogP contribution in [-0.4, -0.2) is 25.5 Å². The molecule has 0 aliphatic carbocycles. The van der Waals surface area contributed by atoms with Crippen LogP contribution in [0.15, 0.2) is 24.3 Å². The van der Waals surface area contributed by atoms with Crippen LogP contribution >= 0.6 is 0 Å². The van der Waals surface area contributed by atoms with E-state index in [1.807, 2.05) is 0 Å². The molecular formula is C10H15N2Pd. The fourth-order valence-electron chi connectivity index (χ4n) is 1.08. The van der Waals surface area contributed by atoms with Crippen LogP contribution in [0.1, 0.15) is 5.56 Å². The van der Waals surface area contributed by atoms with Gasteiger partial charge in [0, 0.05) is 0 Å². The maximum atomic E-state index is 2.96. The summed E-state index contributed by atoms with van der Waals surface area (Å²) in [7, 11) is 4.19. The van der Waals surface area contributed by atoms with Crippen molar-refractivity contribution in [2.45, 2.75) is 6.42 Å². The van der Waals surface area contributed by atoms with E-state index in [1.165, 1.54) is 5.56 Å². The van der Waals surface area contributed by atoms with Crippen LogP contribution in [-0.2, 0) is 25.9 Å². The normalized spacial score (nSPS) is 10.5. The Hall–Kier alpha value is -0.358. The van der Waals surface area contributed by atoms with E-state index in [0.717, 1.165) is 18.7 Å². The van der Waals surface area contributed by atoms with E-state index in [-0.39, 0.29) is 0 Å². The molecule has 0 saturated carbocycles. The zero-order valence-electron chi connectivity index (χ0n) is 7.99. The van der Waals surface area contributed by atoms with Crippen molar-refractivity contribution < 1.29 is 19.4 Å². The average Bonchev–Trinajstić information content (AvgIpc) is 2.15. The van der Waals surface area contributed by atoms with Gasteiger partial charge in [-0.05, 0) is 0 Å². The number of benzene rings is 1. The van der Waals surface area contributed by atoms with Gasteiger partial charge in [0.1, 0.15) is 0 Å². The summed E-state index contributed by atoms with van der Waals surface area (Å²) in [6, 6.07) is 8.46. The summed E-state index contributed by atoms with van der Waals surface area (Å²) in [6.07, 6.45) is 1.11. The van der Waals surface area contributed by atoms with Crippen LogP contribution in [0.3, 0.4) is 0 Å². The third-order valence-corrected chi connectivity index (χ3v) is 2.34. The van der Waals surface area contributed by atoms with Gasteiger partial charge in [-0.15, -0.1) is 0 Å². The molecule has 0 fully saturated rings. The molecule has 0 aliphatic rings. The summed E-state index contributed by atoms with van der Waals surface area (Å²) >= 11 is 2.94. The maximum absolute atomic E-state index is 2.96. The van der Waals surface area contributed by atoms with Crippen LogP contribution in [0.25, 0.3) is 0 Å². The van der Waals surface area contributed by atoms with E-state index in [4.69, 9.17) is 0 Å². The van der Waals surface area contributed by atoms with Crippen molar-refractivity contribution in [1.29, 1.82) is 0 Å². The van der Waals surface area contributed by atoms with Gasteiger partial charge in [-0.1, -0.05) is 0 Å². The SMILES string of the molecule is CN(C)CCc1ccc([NH][Pd])cc1.